The quantitative estimate of drug-likeness (QED) is 0.329. The van der Waals surface area contributed by atoms with Crippen molar-refractivity contribution in [1.82, 2.24) is 4.98 Å². The molecule has 3 aromatic carbocycles. The highest BCUT2D eigenvalue weighted by Gasteiger charge is 2.27. The number of nitrogens with one attached hydrogen (secondary N) is 1. The van der Waals surface area contributed by atoms with Gasteiger partial charge in [-0.15, -0.1) is 0 Å². The molecule has 178 valence electrons. The number of nitrogens with two attached hydrogens (primary N) is 1. The van der Waals surface area contributed by atoms with E-state index in [0.717, 1.165) is 22.0 Å². The van der Waals surface area contributed by atoms with Crippen LogP contribution in [0.15, 0.2) is 72.9 Å². The maximum Gasteiger partial charge on any atom is 0.252 e. The summed E-state index contributed by atoms with van der Waals surface area (Å²) in [7, 11) is 0. The minimum atomic E-state index is -0.712. The van der Waals surface area contributed by atoms with Crippen molar-refractivity contribution in [3.8, 4) is 17.6 Å². The number of fused-ring (bicyclic) bond motifs is 1. The Labute approximate surface area is 205 Å². The largest absolute Gasteiger partial charge is 0.490 e. The van der Waals surface area contributed by atoms with Gasteiger partial charge < -0.3 is 20.6 Å². The smallest absolute Gasteiger partial charge is 0.252 e. The van der Waals surface area contributed by atoms with Gasteiger partial charge in [-0.1, -0.05) is 48.2 Å². The second kappa shape index (κ2) is 10.5. The fraction of sp³-hybridized carbons (Fsp3) is 0.233. The number of rotatable bonds is 7. The summed E-state index contributed by atoms with van der Waals surface area (Å²) in [5.41, 5.74) is 10.4. The minimum Gasteiger partial charge on any atom is -0.490 e. The van der Waals surface area contributed by atoms with E-state index in [-0.39, 0.29) is 17.6 Å². The Morgan fingerprint density at radius 1 is 1.00 bits per heavy atom. The predicted molar refractivity (Wildman–Crippen MR) is 140 cm³/mol. The van der Waals surface area contributed by atoms with Crippen LogP contribution in [0.5, 0.6) is 5.75 Å². The van der Waals surface area contributed by atoms with Gasteiger partial charge in [-0.2, -0.15) is 0 Å². The van der Waals surface area contributed by atoms with Crippen LogP contribution in [0.4, 0.5) is 0 Å². The average Bonchev–Trinajstić information content (AvgIpc) is 3.24. The third-order valence-electron chi connectivity index (χ3n) is 5.96. The van der Waals surface area contributed by atoms with Crippen LogP contribution < -0.4 is 10.5 Å². The molecule has 0 saturated carbocycles. The number of hydrogen-bond acceptors (Lipinski definition) is 3. The third-order valence-corrected chi connectivity index (χ3v) is 5.96. The lowest BCUT2D eigenvalue weighted by atomic mass is 9.85. The molecule has 4 rings (SSSR count). The number of para-hydroxylation sites is 1. The fourth-order valence-electron chi connectivity index (χ4n) is 4.29. The number of carbonyl (C=O) groups is 1. The first kappa shape index (κ1) is 24.1. The zero-order valence-electron chi connectivity index (χ0n) is 20.2. The number of primary amides is 1. The molecule has 0 radical (unpaired) electrons. The molecule has 2 atom stereocenters. The summed E-state index contributed by atoms with van der Waals surface area (Å²) in [6.07, 6.45) is 1.62. The van der Waals surface area contributed by atoms with E-state index in [2.05, 4.69) is 22.9 Å². The summed E-state index contributed by atoms with van der Waals surface area (Å²) in [6, 6.07) is 21.3. The van der Waals surface area contributed by atoms with Crippen molar-refractivity contribution >= 4 is 16.8 Å². The van der Waals surface area contributed by atoms with Gasteiger partial charge in [-0.05, 0) is 63.1 Å². The topological polar surface area (TPSA) is 88.3 Å². The molecule has 4 aromatic rings. The van der Waals surface area contributed by atoms with Crippen molar-refractivity contribution in [2.45, 2.75) is 45.3 Å². The molecule has 4 N–H and O–H groups in total. The molecule has 0 bridgehead atoms. The summed E-state index contributed by atoms with van der Waals surface area (Å²) in [6.45, 7) is 5.55. The first-order valence-corrected chi connectivity index (χ1v) is 11.8. The van der Waals surface area contributed by atoms with Gasteiger partial charge in [0.1, 0.15) is 5.75 Å². The molecule has 0 spiro atoms. The average molecular weight is 467 g/mol. The van der Waals surface area contributed by atoms with Gasteiger partial charge in [0.2, 0.25) is 0 Å². The number of aliphatic hydroxyl groups is 1. The van der Waals surface area contributed by atoms with Crippen LogP contribution in [0.3, 0.4) is 0 Å². The Kier molecular flexibility index (Phi) is 7.24. The number of aliphatic hydroxyl groups excluding tert-OH is 1. The Morgan fingerprint density at radius 3 is 2.37 bits per heavy atom. The standard InChI is InChI=1S/C30H30N2O3/c1-19(2)35-29-26(25(20(3)33)17-23-18-32-28-12-8-7-11-24(23)28)15-22(16-27(29)30(31)34)14-13-21-9-5-4-6-10-21/h4-12,15-16,18-20,25,32-33H,17H2,1-3H3,(H2,31,34)/t20?,25-/m0/s1. The van der Waals surface area contributed by atoms with Gasteiger partial charge in [0.05, 0.1) is 17.8 Å². The first-order chi connectivity index (χ1) is 16.8. The van der Waals surface area contributed by atoms with E-state index in [1.165, 1.54) is 0 Å². The van der Waals surface area contributed by atoms with E-state index in [4.69, 9.17) is 10.5 Å². The Bertz CT molecular complexity index is 1390. The number of benzene rings is 3. The molecule has 0 fully saturated rings. The molecular weight excluding hydrogens is 436 g/mol. The number of hydrogen-bond donors (Lipinski definition) is 3. The van der Waals surface area contributed by atoms with Crippen LogP contribution in [0.1, 0.15) is 59.3 Å². The lowest BCUT2D eigenvalue weighted by Gasteiger charge is -2.26. The van der Waals surface area contributed by atoms with Crippen molar-refractivity contribution in [2.75, 3.05) is 0 Å². The molecule has 0 aliphatic heterocycles. The van der Waals surface area contributed by atoms with E-state index < -0.39 is 12.0 Å². The summed E-state index contributed by atoms with van der Waals surface area (Å²) in [4.78, 5) is 15.8. The summed E-state index contributed by atoms with van der Waals surface area (Å²) >= 11 is 0. The summed E-state index contributed by atoms with van der Waals surface area (Å²) < 4.78 is 6.13. The summed E-state index contributed by atoms with van der Waals surface area (Å²) in [5, 5.41) is 12.0. The molecule has 1 unspecified atom stereocenters. The third kappa shape index (κ3) is 5.56. The van der Waals surface area contributed by atoms with Crippen molar-refractivity contribution in [2.24, 2.45) is 5.73 Å². The zero-order valence-corrected chi connectivity index (χ0v) is 20.2. The van der Waals surface area contributed by atoms with Crippen molar-refractivity contribution in [1.29, 1.82) is 0 Å². The molecule has 5 nitrogen and oxygen atoms in total. The summed E-state index contributed by atoms with van der Waals surface area (Å²) in [5.74, 6) is 5.76. The highest BCUT2D eigenvalue weighted by atomic mass is 16.5. The van der Waals surface area contributed by atoms with Crippen LogP contribution in [0.2, 0.25) is 0 Å². The lowest BCUT2D eigenvalue weighted by molar-refractivity contribution is 0.0993. The maximum absolute atomic E-state index is 12.5. The molecule has 0 saturated heterocycles. The minimum absolute atomic E-state index is 0.184. The Hall–Kier alpha value is -4.01. The van der Waals surface area contributed by atoms with Gasteiger partial charge in [-0.3, -0.25) is 4.79 Å². The van der Waals surface area contributed by atoms with Gasteiger partial charge in [0.25, 0.3) is 5.91 Å². The SMILES string of the molecule is CC(C)Oc1c(C(N)=O)cc(C#Cc2ccccc2)cc1[C@@H](Cc1c[nH]c2ccccc12)C(C)O. The van der Waals surface area contributed by atoms with Gasteiger partial charge in [0, 0.05) is 39.7 Å². The number of amides is 1. The predicted octanol–water partition coefficient (Wildman–Crippen LogP) is 5.16. The van der Waals surface area contributed by atoms with Gasteiger partial charge >= 0.3 is 0 Å². The second-order valence-electron chi connectivity index (χ2n) is 9.00. The van der Waals surface area contributed by atoms with E-state index in [0.29, 0.717) is 23.3 Å². The number of carbonyl (C=O) groups excluding carboxylic acids is 1. The van der Waals surface area contributed by atoms with Crippen molar-refractivity contribution < 1.29 is 14.6 Å². The van der Waals surface area contributed by atoms with E-state index in [9.17, 15) is 9.90 Å². The highest BCUT2D eigenvalue weighted by Crippen LogP contribution is 2.37. The lowest BCUT2D eigenvalue weighted by Crippen LogP contribution is -2.22. The van der Waals surface area contributed by atoms with Crippen LogP contribution in [0.25, 0.3) is 10.9 Å². The van der Waals surface area contributed by atoms with Crippen molar-refractivity contribution in [3.05, 3.63) is 101 Å². The van der Waals surface area contributed by atoms with Crippen LogP contribution >= 0.6 is 0 Å². The van der Waals surface area contributed by atoms with E-state index >= 15 is 0 Å². The van der Waals surface area contributed by atoms with Crippen molar-refractivity contribution in [3.63, 3.8) is 0 Å². The fourth-order valence-corrected chi connectivity index (χ4v) is 4.29. The van der Waals surface area contributed by atoms with E-state index in [1.54, 1.807) is 13.0 Å². The monoisotopic (exact) mass is 466 g/mol. The van der Waals surface area contributed by atoms with Gasteiger partial charge in [0.15, 0.2) is 0 Å². The Morgan fingerprint density at radius 2 is 1.69 bits per heavy atom. The second-order valence-corrected chi connectivity index (χ2v) is 9.00. The highest BCUT2D eigenvalue weighted by molar-refractivity contribution is 5.96. The molecule has 1 heterocycles. The molecular formula is C30H30N2O3. The normalized spacial score (nSPS) is 12.7. The first-order valence-electron chi connectivity index (χ1n) is 11.8. The number of H-pyrrole nitrogens is 1. The van der Waals surface area contributed by atoms with Gasteiger partial charge in [-0.25, -0.2) is 0 Å². The molecule has 35 heavy (non-hydrogen) atoms. The van der Waals surface area contributed by atoms with Crippen LogP contribution in [0, 0.1) is 11.8 Å². The molecule has 1 aromatic heterocycles. The molecule has 1 amide bonds. The maximum atomic E-state index is 12.5. The Balaban J connectivity index is 1.86. The molecule has 0 aliphatic carbocycles. The number of ether oxygens (including phenoxy) is 1. The molecule has 5 heteroatoms. The number of aromatic nitrogens is 1. The zero-order chi connectivity index (χ0) is 24.9. The molecule has 0 aliphatic rings. The van der Waals surface area contributed by atoms with Crippen LogP contribution in [-0.4, -0.2) is 28.2 Å². The van der Waals surface area contributed by atoms with Crippen LogP contribution in [-0.2, 0) is 6.42 Å². The number of aromatic amines is 1. The van der Waals surface area contributed by atoms with E-state index in [1.807, 2.05) is 74.6 Å².